The minimum Gasteiger partial charge on any atom is -0.491 e. The maximum atomic E-state index is 13.8. The number of allylic oxidation sites excluding steroid dienone is 2. The average molecular weight is 866 g/mol. The van der Waals surface area contributed by atoms with Gasteiger partial charge in [-0.2, -0.15) is 10.2 Å². The average Bonchev–Trinajstić information content (AvgIpc) is 4.03. The van der Waals surface area contributed by atoms with Crippen LogP contribution in [0.25, 0.3) is 22.1 Å². The number of hydrogen-bond acceptors (Lipinski definition) is 12. The van der Waals surface area contributed by atoms with Gasteiger partial charge in [0.05, 0.1) is 47.8 Å². The summed E-state index contributed by atoms with van der Waals surface area (Å²) in [7, 11) is 0. The third-order valence-corrected chi connectivity index (χ3v) is 11.2. The highest BCUT2D eigenvalue weighted by molar-refractivity contribution is 7.98. The van der Waals surface area contributed by atoms with Gasteiger partial charge in [-0.3, -0.25) is 44.1 Å². The molecule has 0 saturated carbocycles. The number of carbonyl (C=O) groups excluding carboxylic acids is 4. The second-order valence-electron chi connectivity index (χ2n) is 14.7. The Morgan fingerprint density at radius 1 is 0.774 bits per heavy atom. The lowest BCUT2D eigenvalue weighted by atomic mass is 10.1. The molecule has 0 spiro atoms. The van der Waals surface area contributed by atoms with Crippen LogP contribution in [0.1, 0.15) is 73.3 Å². The van der Waals surface area contributed by atoms with Crippen LogP contribution in [-0.4, -0.2) is 113 Å². The van der Waals surface area contributed by atoms with E-state index >= 15 is 0 Å². The Balaban J connectivity index is 1.25. The van der Waals surface area contributed by atoms with Gasteiger partial charge in [-0.05, 0) is 76.8 Å². The van der Waals surface area contributed by atoms with Gasteiger partial charge < -0.3 is 30.1 Å². The van der Waals surface area contributed by atoms with Gasteiger partial charge >= 0.3 is 0 Å². The Kier molecular flexibility index (Phi) is 13.4. The third-order valence-electron chi connectivity index (χ3n) is 10.4. The van der Waals surface area contributed by atoms with Gasteiger partial charge in [0.25, 0.3) is 11.8 Å². The van der Waals surface area contributed by atoms with Crippen LogP contribution in [0.2, 0.25) is 0 Å². The van der Waals surface area contributed by atoms with Crippen molar-refractivity contribution in [1.82, 2.24) is 43.6 Å². The number of rotatable bonds is 18. The Hall–Kier alpha value is -6.51. The first kappa shape index (κ1) is 43.6. The van der Waals surface area contributed by atoms with Crippen LogP contribution in [0, 0.1) is 13.8 Å². The monoisotopic (exact) mass is 865 g/mol. The fraction of sp³-hybridized carbons (Fsp3) is 0.381. The first-order chi connectivity index (χ1) is 29.9. The number of nitrogens with zero attached hydrogens (tertiary/aromatic N) is 9. The Morgan fingerprint density at radius 2 is 1.29 bits per heavy atom. The quantitative estimate of drug-likeness (QED) is 0.0540. The number of anilines is 2. The van der Waals surface area contributed by atoms with Crippen molar-refractivity contribution in [3.05, 3.63) is 82.5 Å². The van der Waals surface area contributed by atoms with E-state index in [1.807, 2.05) is 50.7 Å². The number of aryl methyl sites for hydroxylation is 4. The molecule has 4 amide bonds. The third kappa shape index (κ3) is 9.36. The number of hydrogen-bond donors (Lipinski definition) is 4. The summed E-state index contributed by atoms with van der Waals surface area (Å²) >= 11 is 1.42. The molecule has 326 valence electrons. The molecule has 6 aromatic rings. The SMILES string of the molecule is CCn1nc(C)cc1C(=O)Nc1nc2cc(C(N)=O)cc(OCCCN3CCOCC3)c2n1C/C=C/Cn1c(NC(=O)c2cc(C)nn2CC)nc2cc(C(N)=O)cc(SC)c21. The van der Waals surface area contributed by atoms with Crippen molar-refractivity contribution in [3.63, 3.8) is 0 Å². The summed E-state index contributed by atoms with van der Waals surface area (Å²) in [5, 5.41) is 14.8. The first-order valence-corrected chi connectivity index (χ1v) is 21.6. The number of thioether (sulfide) groups is 1. The van der Waals surface area contributed by atoms with Gasteiger partial charge in [-0.25, -0.2) is 9.97 Å². The standard InChI is InChI=1S/C42H51N13O6S/c1-6-54-31(19-25(3)49-54)39(58)47-41-45-29-21-27(37(43)56)23-33(61-16-10-11-51-14-17-60-18-15-51)35(29)52(41)12-8-9-13-53-36-30(22-28(38(44)57)24-34(36)62-5)46-42(53)48-40(59)32-20-26(4)50-55(32)7-2/h8-9,19-24H,6-7,10-18H2,1-5H3,(H2,43,56)(H2,44,57)(H,45,47,58)(H,46,48,59)/b9-8+. The van der Waals surface area contributed by atoms with E-state index in [0.29, 0.717) is 83.5 Å². The van der Waals surface area contributed by atoms with Crippen LogP contribution in [0.4, 0.5) is 11.9 Å². The zero-order chi connectivity index (χ0) is 44.1. The molecule has 1 aliphatic heterocycles. The minimum atomic E-state index is -0.648. The molecular weight excluding hydrogens is 815 g/mol. The zero-order valence-electron chi connectivity index (χ0n) is 35.4. The van der Waals surface area contributed by atoms with E-state index in [2.05, 4.69) is 25.7 Å². The lowest BCUT2D eigenvalue weighted by Gasteiger charge is -2.26. The van der Waals surface area contributed by atoms with Crippen molar-refractivity contribution in [2.75, 3.05) is 56.3 Å². The number of ether oxygens (including phenoxy) is 2. The van der Waals surface area contributed by atoms with Gasteiger partial charge in [-0.1, -0.05) is 12.2 Å². The Morgan fingerprint density at radius 3 is 1.81 bits per heavy atom. The Labute approximate surface area is 361 Å². The van der Waals surface area contributed by atoms with Crippen LogP contribution in [0.15, 0.2) is 53.4 Å². The number of nitrogens with one attached hydrogen (secondary N) is 2. The normalized spacial score (nSPS) is 13.4. The van der Waals surface area contributed by atoms with E-state index in [1.54, 1.807) is 50.3 Å². The highest BCUT2D eigenvalue weighted by Crippen LogP contribution is 2.33. The number of carbonyl (C=O) groups is 4. The second-order valence-corrected chi connectivity index (χ2v) is 15.6. The Bertz CT molecular complexity index is 2690. The lowest BCUT2D eigenvalue weighted by Crippen LogP contribution is -2.37. The zero-order valence-corrected chi connectivity index (χ0v) is 36.3. The number of aromatic nitrogens is 8. The molecule has 20 heteroatoms. The van der Waals surface area contributed by atoms with Crippen LogP contribution >= 0.6 is 11.8 Å². The fourth-order valence-corrected chi connectivity index (χ4v) is 8.13. The molecule has 5 heterocycles. The van der Waals surface area contributed by atoms with Crippen LogP contribution in [0.3, 0.4) is 0 Å². The number of benzene rings is 2. The number of imidazole rings is 2. The number of primary amides is 2. The van der Waals surface area contributed by atoms with Gasteiger partial charge in [0.1, 0.15) is 22.7 Å². The van der Waals surface area contributed by atoms with Gasteiger partial charge in [0, 0.05) is 61.8 Å². The number of fused-ring (bicyclic) bond motifs is 2. The molecule has 1 fully saturated rings. The molecule has 0 unspecified atom stereocenters. The molecular formula is C42H51N13O6S. The predicted octanol–water partition coefficient (Wildman–Crippen LogP) is 4.22. The van der Waals surface area contributed by atoms with Crippen molar-refractivity contribution < 1.29 is 28.7 Å². The number of amides is 4. The predicted molar refractivity (Wildman–Crippen MR) is 236 cm³/mol. The number of nitrogens with two attached hydrogens (primary N) is 2. The van der Waals surface area contributed by atoms with Crippen molar-refractivity contribution in [3.8, 4) is 5.75 Å². The highest BCUT2D eigenvalue weighted by Gasteiger charge is 2.24. The summed E-state index contributed by atoms with van der Waals surface area (Å²) in [6, 6.07) is 9.91. The number of morpholine rings is 1. The largest absolute Gasteiger partial charge is 0.491 e. The first-order valence-electron chi connectivity index (χ1n) is 20.4. The molecule has 0 aliphatic carbocycles. The summed E-state index contributed by atoms with van der Waals surface area (Å²) in [4.78, 5) is 65.0. The molecule has 7 rings (SSSR count). The lowest BCUT2D eigenvalue weighted by molar-refractivity contribution is 0.0358. The summed E-state index contributed by atoms with van der Waals surface area (Å²) in [5.74, 6) is -1.21. The van der Waals surface area contributed by atoms with E-state index in [4.69, 9.17) is 30.9 Å². The molecule has 1 saturated heterocycles. The molecule has 4 aromatic heterocycles. The molecule has 2 aromatic carbocycles. The molecule has 6 N–H and O–H groups in total. The topological polar surface area (TPSA) is 237 Å². The minimum absolute atomic E-state index is 0.197. The summed E-state index contributed by atoms with van der Waals surface area (Å²) in [5.41, 5.74) is 16.2. The van der Waals surface area contributed by atoms with Crippen LogP contribution < -0.4 is 26.8 Å². The highest BCUT2D eigenvalue weighted by atomic mass is 32.2. The van der Waals surface area contributed by atoms with Crippen molar-refractivity contribution in [2.45, 2.75) is 65.2 Å². The molecule has 62 heavy (non-hydrogen) atoms. The molecule has 0 bridgehead atoms. The van der Waals surface area contributed by atoms with Crippen molar-refractivity contribution in [1.29, 1.82) is 0 Å². The van der Waals surface area contributed by atoms with Gasteiger partial charge in [-0.15, -0.1) is 11.8 Å². The molecule has 0 atom stereocenters. The van der Waals surface area contributed by atoms with E-state index in [9.17, 15) is 19.2 Å². The second kappa shape index (κ2) is 19.0. The van der Waals surface area contributed by atoms with E-state index in [1.165, 1.54) is 11.8 Å². The maximum Gasteiger partial charge on any atom is 0.276 e. The fourth-order valence-electron chi connectivity index (χ4n) is 7.48. The van der Waals surface area contributed by atoms with Crippen LogP contribution in [-0.2, 0) is 30.9 Å². The molecule has 1 aliphatic rings. The summed E-state index contributed by atoms with van der Waals surface area (Å²) < 4.78 is 18.8. The molecule has 19 nitrogen and oxygen atoms in total. The maximum absolute atomic E-state index is 13.8. The van der Waals surface area contributed by atoms with E-state index in [-0.39, 0.29) is 36.1 Å². The summed E-state index contributed by atoms with van der Waals surface area (Å²) in [6.07, 6.45) is 6.40. The van der Waals surface area contributed by atoms with Crippen LogP contribution in [0.5, 0.6) is 5.75 Å². The van der Waals surface area contributed by atoms with E-state index in [0.717, 1.165) is 31.0 Å². The van der Waals surface area contributed by atoms with Crippen molar-refractivity contribution in [2.24, 2.45) is 11.5 Å². The molecule has 0 radical (unpaired) electrons. The van der Waals surface area contributed by atoms with Gasteiger partial charge in [0.2, 0.25) is 23.7 Å². The van der Waals surface area contributed by atoms with Gasteiger partial charge in [0.15, 0.2) is 0 Å². The smallest absolute Gasteiger partial charge is 0.276 e. The van der Waals surface area contributed by atoms with Crippen molar-refractivity contribution >= 4 is 69.4 Å². The summed E-state index contributed by atoms with van der Waals surface area (Å²) in [6.45, 7) is 13.1. The van der Waals surface area contributed by atoms with E-state index < -0.39 is 23.6 Å².